The van der Waals surface area contributed by atoms with Crippen molar-refractivity contribution in [1.82, 2.24) is 0 Å². The first kappa shape index (κ1) is 14.9. The Kier molecular flexibility index (Phi) is 4.62. The Labute approximate surface area is 138 Å². The van der Waals surface area contributed by atoms with Gasteiger partial charge in [0, 0.05) is 10.6 Å². The molecule has 0 aliphatic heterocycles. The van der Waals surface area contributed by atoms with Gasteiger partial charge in [-0.2, -0.15) is 0 Å². The molecule has 3 rings (SSSR count). The van der Waals surface area contributed by atoms with Crippen LogP contribution < -0.4 is 0 Å². The summed E-state index contributed by atoms with van der Waals surface area (Å²) in [4.78, 5) is 5.39. The highest BCUT2D eigenvalue weighted by Crippen LogP contribution is 2.20. The van der Waals surface area contributed by atoms with E-state index in [1.807, 2.05) is 24.3 Å². The average Bonchev–Trinajstić information content (AvgIpc) is 2.53. The molecule has 0 aromatic heterocycles. The van der Waals surface area contributed by atoms with Crippen LogP contribution in [0.1, 0.15) is 11.1 Å². The molecule has 0 atom stereocenters. The third-order valence-corrected chi connectivity index (χ3v) is 3.89. The monoisotopic (exact) mass is 329 g/mol. The summed E-state index contributed by atoms with van der Waals surface area (Å²) in [5, 5.41) is 7.48. The smallest absolute Gasteiger partial charge is 0.142 e. The third kappa shape index (κ3) is 3.41. The number of nitrogens with zero attached hydrogens (tertiary/aromatic N) is 1. The van der Waals surface area contributed by atoms with E-state index in [1.54, 1.807) is 24.4 Å². The number of benzene rings is 3. The van der Waals surface area contributed by atoms with Crippen molar-refractivity contribution in [3.63, 3.8) is 0 Å². The van der Waals surface area contributed by atoms with E-state index in [1.165, 1.54) is 10.8 Å². The van der Waals surface area contributed by atoms with E-state index < -0.39 is 0 Å². The van der Waals surface area contributed by atoms with Crippen molar-refractivity contribution < 1.29 is 4.84 Å². The summed E-state index contributed by atoms with van der Waals surface area (Å²) in [6, 6.07) is 19.6. The molecule has 0 heterocycles. The molecular weight excluding hydrogens is 317 g/mol. The van der Waals surface area contributed by atoms with Crippen molar-refractivity contribution in [3.8, 4) is 0 Å². The highest BCUT2D eigenvalue weighted by Gasteiger charge is 2.01. The minimum Gasteiger partial charge on any atom is -0.391 e. The molecule has 0 bridgehead atoms. The molecule has 0 radical (unpaired) electrons. The first-order valence-corrected chi connectivity index (χ1v) is 7.56. The molecule has 3 aromatic rings. The Morgan fingerprint density at radius 2 is 1.77 bits per heavy atom. The molecule has 0 spiro atoms. The van der Waals surface area contributed by atoms with Gasteiger partial charge in [-0.3, -0.25) is 0 Å². The van der Waals surface area contributed by atoms with Crippen LogP contribution >= 0.6 is 23.2 Å². The quantitative estimate of drug-likeness (QED) is 0.444. The summed E-state index contributed by atoms with van der Waals surface area (Å²) >= 11 is 11.9. The number of oxime groups is 1. The van der Waals surface area contributed by atoms with Crippen LogP contribution in [-0.4, -0.2) is 6.21 Å². The first-order valence-electron chi connectivity index (χ1n) is 6.81. The van der Waals surface area contributed by atoms with Gasteiger partial charge in [0.15, 0.2) is 0 Å². The number of hydrogen-bond acceptors (Lipinski definition) is 2. The van der Waals surface area contributed by atoms with Crippen molar-refractivity contribution in [3.05, 3.63) is 81.8 Å². The van der Waals surface area contributed by atoms with Crippen molar-refractivity contribution in [1.29, 1.82) is 0 Å². The van der Waals surface area contributed by atoms with Crippen molar-refractivity contribution in [2.75, 3.05) is 0 Å². The maximum Gasteiger partial charge on any atom is 0.142 e. The van der Waals surface area contributed by atoms with Gasteiger partial charge < -0.3 is 4.84 Å². The van der Waals surface area contributed by atoms with Crippen LogP contribution in [0.2, 0.25) is 10.0 Å². The van der Waals surface area contributed by atoms with Crippen LogP contribution in [0, 0.1) is 0 Å². The fraction of sp³-hybridized carbons (Fsp3) is 0.0556. The number of fused-ring (bicyclic) bond motifs is 1. The van der Waals surface area contributed by atoms with E-state index in [0.29, 0.717) is 16.7 Å². The second kappa shape index (κ2) is 6.82. The van der Waals surface area contributed by atoms with Crippen LogP contribution in [0.4, 0.5) is 0 Å². The highest BCUT2D eigenvalue weighted by atomic mass is 35.5. The van der Waals surface area contributed by atoms with Crippen molar-refractivity contribution in [2.24, 2.45) is 5.16 Å². The summed E-state index contributed by atoms with van der Waals surface area (Å²) in [6.07, 6.45) is 1.59. The molecule has 110 valence electrons. The van der Waals surface area contributed by atoms with Crippen LogP contribution in [0.5, 0.6) is 0 Å². The molecule has 0 N–H and O–H groups in total. The van der Waals surface area contributed by atoms with Gasteiger partial charge in [-0.15, -0.1) is 0 Å². The Hall–Kier alpha value is -2.03. The molecule has 0 saturated heterocycles. The number of rotatable bonds is 4. The Morgan fingerprint density at radius 1 is 0.955 bits per heavy atom. The first-order chi connectivity index (χ1) is 10.7. The minimum atomic E-state index is 0.406. The van der Waals surface area contributed by atoms with E-state index in [0.717, 1.165) is 11.1 Å². The standard InChI is InChI=1S/C18H13Cl2NO/c19-16-9-8-14(18(20)10-16)11-21-22-12-15-6-3-5-13-4-1-2-7-17(13)15/h1-11H,12H2. The molecule has 0 amide bonds. The molecule has 3 aromatic carbocycles. The van der Waals surface area contributed by atoms with Gasteiger partial charge in [0.2, 0.25) is 0 Å². The molecule has 0 unspecified atom stereocenters. The molecule has 0 fully saturated rings. The molecule has 4 heteroatoms. The van der Waals surface area contributed by atoms with E-state index in [4.69, 9.17) is 28.0 Å². The third-order valence-electron chi connectivity index (χ3n) is 3.33. The van der Waals surface area contributed by atoms with Gasteiger partial charge in [0.25, 0.3) is 0 Å². The van der Waals surface area contributed by atoms with Gasteiger partial charge in [-0.05, 0) is 28.5 Å². The van der Waals surface area contributed by atoms with E-state index in [2.05, 4.69) is 23.4 Å². The lowest BCUT2D eigenvalue weighted by molar-refractivity contribution is 0.133. The van der Waals surface area contributed by atoms with Crippen LogP contribution in [0.25, 0.3) is 10.8 Å². The topological polar surface area (TPSA) is 21.6 Å². The zero-order valence-corrected chi connectivity index (χ0v) is 13.2. The summed E-state index contributed by atoms with van der Waals surface area (Å²) in [7, 11) is 0. The van der Waals surface area contributed by atoms with E-state index in [9.17, 15) is 0 Å². The fourth-order valence-corrected chi connectivity index (χ4v) is 2.68. The molecular formula is C18H13Cl2NO. The lowest BCUT2D eigenvalue weighted by Gasteiger charge is -2.05. The van der Waals surface area contributed by atoms with Gasteiger partial charge in [0.05, 0.1) is 11.2 Å². The number of halogens is 2. The maximum absolute atomic E-state index is 6.07. The fourth-order valence-electron chi connectivity index (χ4n) is 2.23. The average molecular weight is 330 g/mol. The molecule has 0 aliphatic carbocycles. The Balaban J connectivity index is 1.71. The van der Waals surface area contributed by atoms with Gasteiger partial charge in [0.1, 0.15) is 6.61 Å². The Morgan fingerprint density at radius 3 is 2.64 bits per heavy atom. The SMILES string of the molecule is Clc1ccc(C=NOCc2cccc3ccccc23)c(Cl)c1. The lowest BCUT2D eigenvalue weighted by atomic mass is 10.1. The maximum atomic E-state index is 6.07. The van der Waals surface area contributed by atoms with Crippen molar-refractivity contribution >= 4 is 40.2 Å². The molecule has 0 aliphatic rings. The van der Waals surface area contributed by atoms with Gasteiger partial charge >= 0.3 is 0 Å². The zero-order chi connectivity index (χ0) is 15.4. The van der Waals surface area contributed by atoms with E-state index in [-0.39, 0.29) is 0 Å². The minimum absolute atomic E-state index is 0.406. The number of hydrogen-bond donors (Lipinski definition) is 0. The second-order valence-corrected chi connectivity index (χ2v) is 5.66. The zero-order valence-electron chi connectivity index (χ0n) is 11.7. The predicted molar refractivity (Wildman–Crippen MR) is 92.8 cm³/mol. The summed E-state index contributed by atoms with van der Waals surface area (Å²) < 4.78 is 0. The second-order valence-electron chi connectivity index (χ2n) is 4.81. The summed E-state index contributed by atoms with van der Waals surface area (Å²) in [6.45, 7) is 0.406. The van der Waals surface area contributed by atoms with Crippen LogP contribution in [-0.2, 0) is 11.4 Å². The van der Waals surface area contributed by atoms with Gasteiger partial charge in [-0.25, -0.2) is 0 Å². The molecule has 0 saturated carbocycles. The lowest BCUT2D eigenvalue weighted by Crippen LogP contribution is -1.90. The van der Waals surface area contributed by atoms with Gasteiger partial charge in [-0.1, -0.05) is 76.9 Å². The molecule has 22 heavy (non-hydrogen) atoms. The predicted octanol–water partition coefficient (Wildman–Crippen LogP) is 5.70. The Bertz CT molecular complexity index is 825. The van der Waals surface area contributed by atoms with Crippen molar-refractivity contribution in [2.45, 2.75) is 6.61 Å². The van der Waals surface area contributed by atoms with Crippen LogP contribution in [0.3, 0.4) is 0 Å². The highest BCUT2D eigenvalue weighted by molar-refractivity contribution is 6.36. The summed E-state index contributed by atoms with van der Waals surface area (Å²) in [5.74, 6) is 0. The van der Waals surface area contributed by atoms with E-state index >= 15 is 0 Å². The van der Waals surface area contributed by atoms with Crippen LogP contribution in [0.15, 0.2) is 65.8 Å². The normalized spacial score (nSPS) is 11.2. The molecule has 2 nitrogen and oxygen atoms in total. The largest absolute Gasteiger partial charge is 0.391 e. The summed E-state index contributed by atoms with van der Waals surface area (Å²) in [5.41, 5.74) is 1.86.